The first-order chi connectivity index (χ1) is 12.4. The number of carbonyl (C=O) groups is 1. The minimum atomic E-state index is 0.00376. The zero-order chi connectivity index (χ0) is 18.3. The van der Waals surface area contributed by atoms with Gasteiger partial charge in [0, 0.05) is 18.7 Å². The first-order valence-corrected chi connectivity index (χ1v) is 9.66. The first kappa shape index (κ1) is 17.0. The molecule has 0 saturated carbocycles. The van der Waals surface area contributed by atoms with Gasteiger partial charge in [-0.05, 0) is 18.3 Å². The van der Waals surface area contributed by atoms with Crippen LogP contribution >= 0.6 is 11.3 Å². The summed E-state index contributed by atoms with van der Waals surface area (Å²) in [6.07, 6.45) is 3.74. The predicted octanol–water partition coefficient (Wildman–Crippen LogP) is 4.20. The highest BCUT2D eigenvalue weighted by atomic mass is 32.1. The molecule has 134 valence electrons. The van der Waals surface area contributed by atoms with E-state index in [0.29, 0.717) is 26.3 Å². The van der Waals surface area contributed by atoms with Gasteiger partial charge in [-0.2, -0.15) is 0 Å². The molecule has 1 aliphatic heterocycles. The molecular formula is C20H22N4OS. The third-order valence-electron chi connectivity index (χ3n) is 5.11. The van der Waals surface area contributed by atoms with E-state index in [4.69, 9.17) is 5.73 Å². The monoisotopic (exact) mass is 366 g/mol. The van der Waals surface area contributed by atoms with E-state index < -0.39 is 0 Å². The number of rotatable bonds is 2. The van der Waals surface area contributed by atoms with Gasteiger partial charge in [0.15, 0.2) is 0 Å². The van der Waals surface area contributed by atoms with Crippen LogP contribution in [0.25, 0.3) is 21.6 Å². The van der Waals surface area contributed by atoms with Crippen molar-refractivity contribution in [1.82, 2.24) is 14.9 Å². The van der Waals surface area contributed by atoms with Crippen LogP contribution in [-0.2, 0) is 0 Å². The molecule has 0 aliphatic carbocycles. The molecule has 3 heterocycles. The smallest absolute Gasteiger partial charge is 0.266 e. The molecule has 4 rings (SSSR count). The molecule has 0 atom stereocenters. The number of thiophene rings is 1. The lowest BCUT2D eigenvalue weighted by Crippen LogP contribution is -2.41. The highest BCUT2D eigenvalue weighted by molar-refractivity contribution is 7.21. The summed E-state index contributed by atoms with van der Waals surface area (Å²) >= 11 is 1.34. The number of nitrogens with zero attached hydrogens (tertiary/aromatic N) is 3. The Bertz CT molecular complexity index is 955. The van der Waals surface area contributed by atoms with Crippen LogP contribution in [-0.4, -0.2) is 33.9 Å². The van der Waals surface area contributed by atoms with E-state index in [1.54, 1.807) is 6.20 Å². The number of benzene rings is 1. The fraction of sp³-hybridized carbons (Fsp3) is 0.350. The van der Waals surface area contributed by atoms with Crippen molar-refractivity contribution in [3.63, 3.8) is 0 Å². The van der Waals surface area contributed by atoms with Crippen molar-refractivity contribution in [3.8, 4) is 11.3 Å². The van der Waals surface area contributed by atoms with Crippen molar-refractivity contribution in [2.75, 3.05) is 18.8 Å². The van der Waals surface area contributed by atoms with Crippen LogP contribution in [0.1, 0.15) is 36.4 Å². The first-order valence-electron chi connectivity index (χ1n) is 8.84. The van der Waals surface area contributed by atoms with Gasteiger partial charge >= 0.3 is 0 Å². The number of hydrogen-bond donors (Lipinski definition) is 1. The maximum absolute atomic E-state index is 13.0. The summed E-state index contributed by atoms with van der Waals surface area (Å²) in [5, 5.41) is 0. The van der Waals surface area contributed by atoms with Gasteiger partial charge in [0.1, 0.15) is 15.2 Å². The number of aromatic nitrogens is 2. The lowest BCUT2D eigenvalue weighted by atomic mass is 9.82. The average molecular weight is 366 g/mol. The number of anilines is 1. The van der Waals surface area contributed by atoms with E-state index in [1.807, 2.05) is 35.2 Å². The van der Waals surface area contributed by atoms with Crippen molar-refractivity contribution in [2.24, 2.45) is 5.41 Å². The van der Waals surface area contributed by atoms with E-state index in [9.17, 15) is 4.79 Å². The third-order valence-corrected chi connectivity index (χ3v) is 6.18. The molecule has 1 saturated heterocycles. The fourth-order valence-electron chi connectivity index (χ4n) is 3.25. The molecule has 26 heavy (non-hydrogen) atoms. The summed E-state index contributed by atoms with van der Waals surface area (Å²) in [6, 6.07) is 9.89. The Hall–Kier alpha value is -2.47. The van der Waals surface area contributed by atoms with E-state index in [0.717, 1.165) is 37.2 Å². The second-order valence-electron chi connectivity index (χ2n) is 7.58. The number of hydrogen-bond acceptors (Lipinski definition) is 5. The molecule has 0 bridgehead atoms. The topological polar surface area (TPSA) is 72.1 Å². The van der Waals surface area contributed by atoms with Gasteiger partial charge in [0.2, 0.25) is 0 Å². The average Bonchev–Trinajstić information content (AvgIpc) is 2.98. The minimum absolute atomic E-state index is 0.00376. The fourth-order valence-corrected chi connectivity index (χ4v) is 4.27. The Morgan fingerprint density at radius 1 is 1.19 bits per heavy atom. The molecule has 1 fully saturated rings. The number of nitrogen functional groups attached to an aromatic ring is 1. The molecule has 5 nitrogen and oxygen atoms in total. The molecule has 0 spiro atoms. The number of piperidine rings is 1. The summed E-state index contributed by atoms with van der Waals surface area (Å²) in [6.45, 7) is 6.05. The van der Waals surface area contributed by atoms with Gasteiger partial charge in [0.25, 0.3) is 5.91 Å². The van der Waals surface area contributed by atoms with Crippen LogP contribution in [0.5, 0.6) is 0 Å². The van der Waals surface area contributed by atoms with Crippen LogP contribution in [0, 0.1) is 5.41 Å². The van der Waals surface area contributed by atoms with E-state index >= 15 is 0 Å². The van der Waals surface area contributed by atoms with Gasteiger partial charge in [-0.15, -0.1) is 11.3 Å². The maximum atomic E-state index is 13.0. The number of carbonyl (C=O) groups excluding carboxylic acids is 1. The minimum Gasteiger partial charge on any atom is -0.396 e. The van der Waals surface area contributed by atoms with Crippen molar-refractivity contribution in [2.45, 2.75) is 26.7 Å². The van der Waals surface area contributed by atoms with Gasteiger partial charge in [-0.1, -0.05) is 44.2 Å². The van der Waals surface area contributed by atoms with Gasteiger partial charge in [-0.25, -0.2) is 9.97 Å². The molecule has 1 aliphatic rings. The van der Waals surface area contributed by atoms with E-state index in [-0.39, 0.29) is 5.91 Å². The van der Waals surface area contributed by atoms with E-state index in [1.165, 1.54) is 11.3 Å². The van der Waals surface area contributed by atoms with Gasteiger partial charge in [-0.3, -0.25) is 4.79 Å². The summed E-state index contributed by atoms with van der Waals surface area (Å²) in [4.78, 5) is 25.3. The Morgan fingerprint density at radius 3 is 2.58 bits per heavy atom. The maximum Gasteiger partial charge on any atom is 0.266 e. The summed E-state index contributed by atoms with van der Waals surface area (Å²) in [7, 11) is 0. The number of amides is 1. The van der Waals surface area contributed by atoms with Crippen molar-refractivity contribution < 1.29 is 4.79 Å². The van der Waals surface area contributed by atoms with Crippen molar-refractivity contribution in [1.29, 1.82) is 0 Å². The normalized spacial score (nSPS) is 16.8. The Labute approximate surface area is 156 Å². The molecule has 0 radical (unpaired) electrons. The van der Waals surface area contributed by atoms with Gasteiger partial charge in [0.05, 0.1) is 17.6 Å². The Kier molecular flexibility index (Phi) is 4.15. The second-order valence-corrected chi connectivity index (χ2v) is 8.58. The van der Waals surface area contributed by atoms with Crippen molar-refractivity contribution in [3.05, 3.63) is 41.4 Å². The quantitative estimate of drug-likeness (QED) is 0.738. The van der Waals surface area contributed by atoms with Gasteiger partial charge < -0.3 is 10.6 Å². The molecule has 3 aromatic rings. The molecule has 2 N–H and O–H groups in total. The standard InChI is InChI=1S/C20H22N4OS/c1-20(2)8-10-24(11-9-20)19(25)17-15(21)16-18(26-17)23-14(12-22-16)13-6-4-3-5-7-13/h3-7,12H,8-11,21H2,1-2H3. The summed E-state index contributed by atoms with van der Waals surface area (Å²) in [5.41, 5.74) is 9.41. The van der Waals surface area contributed by atoms with Crippen LogP contribution in [0.15, 0.2) is 36.5 Å². The SMILES string of the molecule is CC1(C)CCN(C(=O)c2sc3nc(-c4ccccc4)cnc3c2N)CC1. The zero-order valence-electron chi connectivity index (χ0n) is 15.0. The zero-order valence-corrected chi connectivity index (χ0v) is 15.8. The molecule has 1 amide bonds. The molecule has 1 aromatic carbocycles. The van der Waals surface area contributed by atoms with Crippen molar-refractivity contribution >= 4 is 33.3 Å². The Balaban J connectivity index is 1.66. The predicted molar refractivity (Wildman–Crippen MR) is 106 cm³/mol. The number of fused-ring (bicyclic) bond motifs is 1. The largest absolute Gasteiger partial charge is 0.396 e. The highest BCUT2D eigenvalue weighted by Gasteiger charge is 2.30. The molecular weight excluding hydrogens is 344 g/mol. The third kappa shape index (κ3) is 3.05. The Morgan fingerprint density at radius 2 is 1.88 bits per heavy atom. The van der Waals surface area contributed by atoms with Crippen LogP contribution in [0.3, 0.4) is 0 Å². The number of likely N-dealkylation sites (tertiary alicyclic amines) is 1. The molecule has 0 unspecified atom stereocenters. The van der Waals surface area contributed by atoms with Crippen LogP contribution < -0.4 is 5.73 Å². The molecule has 2 aromatic heterocycles. The molecule has 6 heteroatoms. The number of nitrogens with two attached hydrogens (primary N) is 1. The lowest BCUT2D eigenvalue weighted by Gasteiger charge is -2.36. The van der Waals surface area contributed by atoms with E-state index in [2.05, 4.69) is 23.8 Å². The lowest BCUT2D eigenvalue weighted by molar-refractivity contribution is 0.0636. The van der Waals surface area contributed by atoms with Crippen LogP contribution in [0.2, 0.25) is 0 Å². The summed E-state index contributed by atoms with van der Waals surface area (Å²) in [5.74, 6) is 0.00376. The summed E-state index contributed by atoms with van der Waals surface area (Å²) < 4.78 is 0. The second kappa shape index (κ2) is 6.36. The van der Waals surface area contributed by atoms with Crippen LogP contribution in [0.4, 0.5) is 5.69 Å². The highest BCUT2D eigenvalue weighted by Crippen LogP contribution is 2.35.